The fourth-order valence-corrected chi connectivity index (χ4v) is 5.73. The Balaban J connectivity index is 1.87. The summed E-state index contributed by atoms with van der Waals surface area (Å²) in [7, 11) is -0.721. The lowest BCUT2D eigenvalue weighted by atomic mass is 9.75. The Morgan fingerprint density at radius 2 is 2.04 bits per heavy atom. The molecule has 0 aromatic heterocycles. The molecule has 1 aliphatic carbocycles. The van der Waals surface area contributed by atoms with Crippen LogP contribution in [0.15, 0.2) is 0 Å². The smallest absolute Gasteiger partial charge is 0.248 e. The Morgan fingerprint density at radius 1 is 1.35 bits per heavy atom. The lowest BCUT2D eigenvalue weighted by molar-refractivity contribution is -0.142. The van der Waals surface area contributed by atoms with Crippen LogP contribution in [-0.2, 0) is 19.3 Å². The number of hydrogen-bond acceptors (Lipinski definition) is 4. The van der Waals surface area contributed by atoms with E-state index in [2.05, 4.69) is 20.8 Å². The summed E-state index contributed by atoms with van der Waals surface area (Å²) < 4.78 is 25.5. The molecule has 0 bridgehead atoms. The topological polar surface area (TPSA) is 70.5 Å². The molecule has 0 spiro atoms. The fraction of sp³-hybridized carbons (Fsp3) is 0.941. The Hall–Kier alpha value is -0.620. The van der Waals surface area contributed by atoms with Crippen molar-refractivity contribution in [3.05, 3.63) is 0 Å². The van der Waals surface area contributed by atoms with E-state index in [0.29, 0.717) is 35.7 Å². The van der Waals surface area contributed by atoms with Crippen molar-refractivity contribution in [3.8, 4) is 0 Å². The number of ether oxygens (including phenoxy) is 1. The van der Waals surface area contributed by atoms with Crippen LogP contribution in [-0.4, -0.2) is 52.3 Å². The van der Waals surface area contributed by atoms with Crippen molar-refractivity contribution in [1.29, 1.82) is 4.78 Å². The van der Waals surface area contributed by atoms with Gasteiger partial charge in [-0.2, -0.15) is 0 Å². The maximum Gasteiger partial charge on any atom is 0.248 e. The normalized spacial score (nSPS) is 38.0. The van der Waals surface area contributed by atoms with E-state index in [9.17, 15) is 9.00 Å². The van der Waals surface area contributed by atoms with Gasteiger partial charge in [0, 0.05) is 28.6 Å². The highest BCUT2D eigenvalue weighted by atomic mass is 32.2. The molecule has 2 fully saturated rings. The number of nitrogens with one attached hydrogen (secondary N) is 1. The maximum atomic E-state index is 12.4. The van der Waals surface area contributed by atoms with Gasteiger partial charge in [0.15, 0.2) is 0 Å². The Morgan fingerprint density at radius 3 is 2.61 bits per heavy atom. The molecule has 1 N–H and O–H groups in total. The highest BCUT2D eigenvalue weighted by molar-refractivity contribution is 7.92. The summed E-state index contributed by atoms with van der Waals surface area (Å²) in [5, 5.41) is 0. The first-order chi connectivity index (χ1) is 10.7. The van der Waals surface area contributed by atoms with Crippen molar-refractivity contribution < 1.29 is 13.7 Å². The molecule has 2 rings (SSSR count). The molecule has 1 aliphatic heterocycles. The van der Waals surface area contributed by atoms with Crippen LogP contribution in [0.4, 0.5) is 0 Å². The van der Waals surface area contributed by atoms with E-state index in [1.807, 2.05) is 0 Å². The van der Waals surface area contributed by atoms with Gasteiger partial charge in [0.1, 0.15) is 6.61 Å². The Bertz CT molecular complexity index is 518. The minimum atomic E-state index is -2.47. The van der Waals surface area contributed by atoms with E-state index >= 15 is 0 Å². The van der Waals surface area contributed by atoms with Crippen LogP contribution < -0.4 is 0 Å². The molecule has 0 radical (unpaired) electrons. The minimum Gasteiger partial charge on any atom is -0.368 e. The van der Waals surface area contributed by atoms with Crippen molar-refractivity contribution >= 4 is 15.6 Å². The number of hydrogen-bond donors (Lipinski definition) is 1. The van der Waals surface area contributed by atoms with Crippen LogP contribution in [0.1, 0.15) is 46.5 Å². The van der Waals surface area contributed by atoms with Crippen LogP contribution >= 0.6 is 0 Å². The van der Waals surface area contributed by atoms with Gasteiger partial charge < -0.3 is 9.64 Å². The zero-order valence-electron chi connectivity index (χ0n) is 14.9. The van der Waals surface area contributed by atoms with Crippen LogP contribution in [0.2, 0.25) is 0 Å². The predicted octanol–water partition coefficient (Wildman–Crippen LogP) is 2.74. The third kappa shape index (κ3) is 4.92. The van der Waals surface area contributed by atoms with Crippen LogP contribution in [0.3, 0.4) is 0 Å². The molecule has 1 saturated heterocycles. The maximum absolute atomic E-state index is 12.4. The first-order valence-corrected chi connectivity index (χ1v) is 10.7. The highest BCUT2D eigenvalue weighted by Crippen LogP contribution is 2.35. The van der Waals surface area contributed by atoms with E-state index < -0.39 is 9.73 Å². The molecule has 0 aromatic rings. The largest absolute Gasteiger partial charge is 0.368 e. The summed E-state index contributed by atoms with van der Waals surface area (Å²) >= 11 is 0. The molecular weight excluding hydrogens is 312 g/mol. The molecule has 1 heterocycles. The molecule has 5 atom stereocenters. The summed E-state index contributed by atoms with van der Waals surface area (Å²) in [6.45, 7) is 6.82. The van der Waals surface area contributed by atoms with E-state index in [1.165, 1.54) is 12.8 Å². The van der Waals surface area contributed by atoms with Crippen molar-refractivity contribution in [2.24, 2.45) is 17.8 Å². The number of amides is 1. The molecular formula is C17H32N2O3S. The van der Waals surface area contributed by atoms with E-state index in [1.54, 1.807) is 11.9 Å². The second-order valence-corrected chi connectivity index (χ2v) is 10.2. The van der Waals surface area contributed by atoms with Crippen LogP contribution in [0, 0.1) is 22.5 Å². The second-order valence-electron chi connectivity index (χ2n) is 7.81. The van der Waals surface area contributed by atoms with Crippen molar-refractivity contribution in [2.45, 2.75) is 58.6 Å². The molecule has 2 aliphatic rings. The van der Waals surface area contributed by atoms with Crippen molar-refractivity contribution in [3.63, 3.8) is 0 Å². The van der Waals surface area contributed by atoms with Crippen LogP contribution in [0.5, 0.6) is 0 Å². The van der Waals surface area contributed by atoms with Gasteiger partial charge in [-0.15, -0.1) is 0 Å². The molecule has 1 amide bonds. The number of carbonyl (C=O) groups is 1. The van der Waals surface area contributed by atoms with Gasteiger partial charge >= 0.3 is 0 Å². The second kappa shape index (κ2) is 7.51. The van der Waals surface area contributed by atoms with Gasteiger partial charge in [-0.05, 0) is 37.0 Å². The van der Waals surface area contributed by atoms with Gasteiger partial charge in [-0.25, -0.2) is 4.21 Å². The summed E-state index contributed by atoms with van der Waals surface area (Å²) in [6, 6.07) is -0.0673. The van der Waals surface area contributed by atoms with Gasteiger partial charge in [0.05, 0.1) is 11.9 Å². The van der Waals surface area contributed by atoms with Gasteiger partial charge in [0.25, 0.3) is 0 Å². The van der Waals surface area contributed by atoms with Crippen molar-refractivity contribution in [2.75, 3.05) is 25.2 Å². The molecule has 5 nitrogen and oxygen atoms in total. The minimum absolute atomic E-state index is 0.0483. The lowest BCUT2D eigenvalue weighted by Crippen LogP contribution is -2.42. The van der Waals surface area contributed by atoms with Gasteiger partial charge in [0.2, 0.25) is 5.91 Å². The fourth-order valence-electron chi connectivity index (χ4n) is 3.90. The quantitative estimate of drug-likeness (QED) is 0.833. The highest BCUT2D eigenvalue weighted by Gasteiger charge is 2.34. The summed E-state index contributed by atoms with van der Waals surface area (Å²) in [6.07, 6.45) is 4.29. The number of carbonyl (C=O) groups excluding carboxylic acids is 1. The monoisotopic (exact) mass is 344 g/mol. The molecule has 6 heteroatoms. The first kappa shape index (κ1) is 18.7. The van der Waals surface area contributed by atoms with E-state index in [-0.39, 0.29) is 24.7 Å². The van der Waals surface area contributed by atoms with Gasteiger partial charge in [-0.1, -0.05) is 27.2 Å². The molecule has 134 valence electrons. The first-order valence-electron chi connectivity index (χ1n) is 8.81. The SMILES string of the molecule is CC1CCC(C(C)C)C(OCC(=O)N(C)C2CCS(=N)(=O)C2)C1. The molecule has 5 unspecified atom stereocenters. The Kier molecular flexibility index (Phi) is 6.11. The average molecular weight is 345 g/mol. The average Bonchev–Trinajstić information content (AvgIpc) is 2.83. The third-order valence-corrected chi connectivity index (χ3v) is 7.38. The van der Waals surface area contributed by atoms with E-state index in [4.69, 9.17) is 9.52 Å². The summed E-state index contributed by atoms with van der Waals surface area (Å²) in [5.41, 5.74) is 0. The molecule has 1 saturated carbocycles. The number of rotatable bonds is 5. The summed E-state index contributed by atoms with van der Waals surface area (Å²) in [5.74, 6) is 2.43. The van der Waals surface area contributed by atoms with Gasteiger partial charge in [-0.3, -0.25) is 9.57 Å². The third-order valence-electron chi connectivity index (χ3n) is 5.57. The number of nitrogens with zero attached hydrogens (tertiary/aromatic N) is 1. The van der Waals surface area contributed by atoms with Crippen molar-refractivity contribution in [1.82, 2.24) is 4.90 Å². The summed E-state index contributed by atoms with van der Waals surface area (Å²) in [4.78, 5) is 14.0. The lowest BCUT2D eigenvalue weighted by Gasteiger charge is -2.37. The number of likely N-dealkylation sites (N-methyl/N-ethyl adjacent to an activating group) is 1. The standard InChI is InChI=1S/C17H32N2O3S/c1-12(2)15-6-5-13(3)9-16(15)22-10-17(20)19(4)14-7-8-23(18,21)11-14/h12-16,18H,5-11H2,1-4H3. The predicted molar refractivity (Wildman–Crippen MR) is 92.9 cm³/mol. The Labute approximate surface area is 141 Å². The van der Waals surface area contributed by atoms with Crippen LogP contribution in [0.25, 0.3) is 0 Å². The zero-order valence-corrected chi connectivity index (χ0v) is 15.7. The molecule has 23 heavy (non-hydrogen) atoms. The van der Waals surface area contributed by atoms with E-state index in [0.717, 1.165) is 6.42 Å². The molecule has 0 aromatic carbocycles. The zero-order chi connectivity index (χ0) is 17.2.